The number of imidazole rings is 1. The van der Waals surface area contributed by atoms with E-state index in [1.807, 2.05) is 18.2 Å². The third-order valence-electron chi connectivity index (χ3n) is 5.23. The molecular weight excluding hydrogens is 288 g/mol. The van der Waals surface area contributed by atoms with Gasteiger partial charge in [-0.25, -0.2) is 4.98 Å². The zero-order chi connectivity index (χ0) is 15.6. The van der Waals surface area contributed by atoms with Gasteiger partial charge in [0.25, 0.3) is 0 Å². The lowest BCUT2D eigenvalue weighted by Crippen LogP contribution is -2.35. The van der Waals surface area contributed by atoms with Gasteiger partial charge < -0.3 is 9.88 Å². The number of nitrogens with zero attached hydrogens (tertiary/aromatic N) is 2. The largest absolute Gasteiger partial charge is 0.317 e. The van der Waals surface area contributed by atoms with E-state index in [-0.39, 0.29) is 11.8 Å². The molecular formula is C18H24N4O. The summed E-state index contributed by atoms with van der Waals surface area (Å²) in [6, 6.07) is 8.66. The maximum Gasteiger partial charge on any atom is 0.229 e. The Bertz CT molecular complexity index is 696. The number of amides is 1. The summed E-state index contributed by atoms with van der Waals surface area (Å²) < 4.78 is 2.27. The number of piperidine rings is 1. The van der Waals surface area contributed by atoms with Crippen LogP contribution in [0.4, 0.5) is 5.95 Å². The predicted molar refractivity (Wildman–Crippen MR) is 91.5 cm³/mol. The van der Waals surface area contributed by atoms with Crippen molar-refractivity contribution < 1.29 is 4.79 Å². The lowest BCUT2D eigenvalue weighted by Gasteiger charge is -2.22. The number of aromatic nitrogens is 2. The van der Waals surface area contributed by atoms with E-state index in [9.17, 15) is 4.79 Å². The Morgan fingerprint density at radius 1 is 1.13 bits per heavy atom. The van der Waals surface area contributed by atoms with Crippen molar-refractivity contribution in [3.05, 3.63) is 24.3 Å². The van der Waals surface area contributed by atoms with Crippen LogP contribution in [-0.2, 0) is 4.79 Å². The molecule has 2 fully saturated rings. The number of para-hydroxylation sites is 2. The number of benzene rings is 1. The van der Waals surface area contributed by atoms with Crippen molar-refractivity contribution in [2.75, 3.05) is 18.4 Å². The van der Waals surface area contributed by atoms with Gasteiger partial charge in [0.2, 0.25) is 11.9 Å². The molecule has 0 radical (unpaired) electrons. The van der Waals surface area contributed by atoms with Gasteiger partial charge in [-0.1, -0.05) is 25.0 Å². The van der Waals surface area contributed by atoms with Gasteiger partial charge in [-0.15, -0.1) is 0 Å². The van der Waals surface area contributed by atoms with Crippen molar-refractivity contribution in [3.63, 3.8) is 0 Å². The molecule has 2 aromatic rings. The average molecular weight is 312 g/mol. The maximum absolute atomic E-state index is 12.6. The number of hydrogen-bond acceptors (Lipinski definition) is 3. The van der Waals surface area contributed by atoms with E-state index >= 15 is 0 Å². The van der Waals surface area contributed by atoms with E-state index in [1.54, 1.807) is 0 Å². The minimum absolute atomic E-state index is 0.105. The van der Waals surface area contributed by atoms with Crippen LogP contribution in [0.25, 0.3) is 11.0 Å². The molecule has 2 aliphatic rings. The van der Waals surface area contributed by atoms with E-state index in [0.29, 0.717) is 6.04 Å². The summed E-state index contributed by atoms with van der Waals surface area (Å²) in [5.74, 6) is 0.968. The molecule has 1 aromatic heterocycles. The van der Waals surface area contributed by atoms with Crippen LogP contribution in [0.15, 0.2) is 24.3 Å². The van der Waals surface area contributed by atoms with Crippen LogP contribution in [0.1, 0.15) is 44.6 Å². The van der Waals surface area contributed by atoms with Gasteiger partial charge in [0, 0.05) is 12.0 Å². The van der Waals surface area contributed by atoms with Crippen molar-refractivity contribution >= 4 is 22.9 Å². The first-order valence-corrected chi connectivity index (χ1v) is 8.81. The molecule has 4 rings (SSSR count). The highest BCUT2D eigenvalue weighted by atomic mass is 16.2. The van der Waals surface area contributed by atoms with Gasteiger partial charge in [0.1, 0.15) is 0 Å². The Morgan fingerprint density at radius 3 is 2.65 bits per heavy atom. The van der Waals surface area contributed by atoms with Crippen LogP contribution in [0, 0.1) is 5.92 Å². The molecule has 122 valence electrons. The highest BCUT2D eigenvalue weighted by molar-refractivity contribution is 5.93. The Morgan fingerprint density at radius 2 is 1.87 bits per heavy atom. The molecule has 0 atom stereocenters. The van der Waals surface area contributed by atoms with Gasteiger partial charge in [-0.3, -0.25) is 10.1 Å². The number of rotatable bonds is 3. The number of carbonyl (C=O) groups excluding carboxylic acids is 1. The zero-order valence-corrected chi connectivity index (χ0v) is 13.4. The molecule has 0 unspecified atom stereocenters. The van der Waals surface area contributed by atoms with Crippen LogP contribution in [0.2, 0.25) is 0 Å². The fourth-order valence-corrected chi connectivity index (χ4v) is 3.96. The van der Waals surface area contributed by atoms with Gasteiger partial charge in [-0.05, 0) is 50.9 Å². The summed E-state index contributed by atoms with van der Waals surface area (Å²) in [6.07, 6.45) is 6.70. The maximum atomic E-state index is 12.6. The smallest absolute Gasteiger partial charge is 0.229 e. The van der Waals surface area contributed by atoms with Gasteiger partial charge in [0.15, 0.2) is 0 Å². The van der Waals surface area contributed by atoms with E-state index in [0.717, 1.165) is 42.9 Å². The summed E-state index contributed by atoms with van der Waals surface area (Å²) in [5, 5.41) is 6.44. The number of nitrogens with one attached hydrogen (secondary N) is 2. The van der Waals surface area contributed by atoms with Crippen LogP contribution in [0.3, 0.4) is 0 Å². The first-order chi connectivity index (χ1) is 11.3. The zero-order valence-electron chi connectivity index (χ0n) is 13.4. The minimum Gasteiger partial charge on any atom is -0.317 e. The Kier molecular flexibility index (Phi) is 4.04. The molecule has 1 amide bonds. The molecule has 5 nitrogen and oxygen atoms in total. The lowest BCUT2D eigenvalue weighted by atomic mass is 9.97. The highest BCUT2D eigenvalue weighted by Gasteiger charge is 2.26. The second-order valence-corrected chi connectivity index (χ2v) is 6.75. The van der Waals surface area contributed by atoms with Crippen LogP contribution in [0.5, 0.6) is 0 Å². The highest BCUT2D eigenvalue weighted by Crippen LogP contribution is 2.35. The summed E-state index contributed by atoms with van der Waals surface area (Å²) in [5.41, 5.74) is 2.11. The molecule has 2 heterocycles. The summed E-state index contributed by atoms with van der Waals surface area (Å²) in [4.78, 5) is 17.3. The van der Waals surface area contributed by atoms with Crippen LogP contribution < -0.4 is 10.6 Å². The third-order valence-corrected chi connectivity index (χ3v) is 5.23. The standard InChI is InChI=1S/C18H24N4O/c23-17(13-9-11-19-12-10-13)21-18-20-15-7-3-4-8-16(15)22(18)14-5-1-2-6-14/h3-4,7-8,13-14,19H,1-2,5-6,9-12H2,(H,20,21,23). The van der Waals surface area contributed by atoms with Crippen LogP contribution >= 0.6 is 0 Å². The lowest BCUT2D eigenvalue weighted by molar-refractivity contribution is -0.120. The second-order valence-electron chi connectivity index (χ2n) is 6.75. The molecule has 1 aliphatic carbocycles. The minimum atomic E-state index is 0.105. The normalized spacial score (nSPS) is 20.2. The third kappa shape index (κ3) is 2.85. The number of anilines is 1. The Hall–Kier alpha value is -1.88. The van der Waals surface area contributed by atoms with Crippen molar-refractivity contribution in [2.24, 2.45) is 5.92 Å². The number of carbonyl (C=O) groups is 1. The van der Waals surface area contributed by atoms with Crippen LogP contribution in [-0.4, -0.2) is 28.5 Å². The molecule has 0 bridgehead atoms. The number of hydrogen-bond donors (Lipinski definition) is 2. The molecule has 0 spiro atoms. The summed E-state index contributed by atoms with van der Waals surface area (Å²) in [7, 11) is 0. The molecule has 1 aromatic carbocycles. The summed E-state index contributed by atoms with van der Waals surface area (Å²) in [6.45, 7) is 1.86. The average Bonchev–Trinajstić information content (AvgIpc) is 3.22. The fourth-order valence-electron chi connectivity index (χ4n) is 3.96. The van der Waals surface area contributed by atoms with E-state index in [2.05, 4.69) is 21.3 Å². The van der Waals surface area contributed by atoms with E-state index in [1.165, 1.54) is 25.7 Å². The van der Waals surface area contributed by atoms with Crippen molar-refractivity contribution in [1.82, 2.24) is 14.9 Å². The molecule has 1 saturated carbocycles. The van der Waals surface area contributed by atoms with Crippen molar-refractivity contribution in [3.8, 4) is 0 Å². The molecule has 5 heteroatoms. The molecule has 2 N–H and O–H groups in total. The van der Waals surface area contributed by atoms with E-state index < -0.39 is 0 Å². The van der Waals surface area contributed by atoms with Crippen molar-refractivity contribution in [2.45, 2.75) is 44.6 Å². The summed E-state index contributed by atoms with van der Waals surface area (Å²) >= 11 is 0. The molecule has 1 aliphatic heterocycles. The Balaban J connectivity index is 1.65. The monoisotopic (exact) mass is 312 g/mol. The quantitative estimate of drug-likeness (QED) is 0.915. The first-order valence-electron chi connectivity index (χ1n) is 8.81. The second kappa shape index (κ2) is 6.32. The van der Waals surface area contributed by atoms with Gasteiger partial charge in [-0.2, -0.15) is 0 Å². The van der Waals surface area contributed by atoms with Crippen molar-refractivity contribution in [1.29, 1.82) is 0 Å². The fraction of sp³-hybridized carbons (Fsp3) is 0.556. The molecule has 23 heavy (non-hydrogen) atoms. The molecule has 1 saturated heterocycles. The van der Waals surface area contributed by atoms with Gasteiger partial charge in [0.05, 0.1) is 11.0 Å². The SMILES string of the molecule is O=C(Nc1nc2ccccc2n1C1CCCC1)C1CCNCC1. The topological polar surface area (TPSA) is 59.0 Å². The van der Waals surface area contributed by atoms with Gasteiger partial charge >= 0.3 is 0 Å². The number of fused-ring (bicyclic) bond motifs is 1. The predicted octanol–water partition coefficient (Wildman–Crippen LogP) is 3.09. The Labute approximate surface area is 136 Å². The first kappa shape index (κ1) is 14.7. The van der Waals surface area contributed by atoms with E-state index in [4.69, 9.17) is 4.98 Å².